The van der Waals surface area contributed by atoms with E-state index in [1.54, 1.807) is 13.0 Å². The number of nitrogens with zero attached hydrogens (tertiary/aromatic N) is 2. The highest BCUT2D eigenvalue weighted by Crippen LogP contribution is 2.33. The van der Waals surface area contributed by atoms with Gasteiger partial charge in [-0.1, -0.05) is 17.7 Å². The van der Waals surface area contributed by atoms with Gasteiger partial charge >= 0.3 is 0 Å². The first-order valence-corrected chi connectivity index (χ1v) is 8.20. The van der Waals surface area contributed by atoms with Gasteiger partial charge in [-0.25, -0.2) is 4.98 Å². The molecule has 0 saturated carbocycles. The number of hydrogen-bond acceptors (Lipinski definition) is 5. The van der Waals surface area contributed by atoms with Gasteiger partial charge in [-0.05, 0) is 38.5 Å². The molecule has 0 fully saturated rings. The lowest BCUT2D eigenvalue weighted by molar-refractivity contribution is 0.102. The smallest absolute Gasteiger partial charge is 0.257 e. The average molecular weight is 336 g/mol. The van der Waals surface area contributed by atoms with E-state index in [4.69, 9.17) is 11.0 Å². The van der Waals surface area contributed by atoms with Crippen LogP contribution in [0.5, 0.6) is 0 Å². The number of thiophene rings is 1. The van der Waals surface area contributed by atoms with Crippen LogP contribution in [0.1, 0.15) is 32.1 Å². The van der Waals surface area contributed by atoms with Crippen molar-refractivity contribution in [1.29, 1.82) is 5.26 Å². The number of carbonyl (C=O) groups excluding carboxylic acids is 1. The quantitative estimate of drug-likeness (QED) is 0.741. The second-order valence-corrected chi connectivity index (χ2v) is 6.70. The summed E-state index contributed by atoms with van der Waals surface area (Å²) < 4.78 is 0. The fourth-order valence-corrected chi connectivity index (χ4v) is 3.50. The number of nitrogen functional groups attached to an aromatic ring is 1. The molecule has 2 heterocycles. The Morgan fingerprint density at radius 3 is 2.71 bits per heavy atom. The molecule has 3 aromatic rings. The number of anilines is 2. The van der Waals surface area contributed by atoms with Crippen LogP contribution in [-0.4, -0.2) is 10.9 Å². The van der Waals surface area contributed by atoms with Gasteiger partial charge in [0.05, 0.1) is 16.9 Å². The number of nitriles is 1. The molecular weight excluding hydrogens is 320 g/mol. The van der Waals surface area contributed by atoms with Crippen molar-refractivity contribution in [2.45, 2.75) is 20.8 Å². The van der Waals surface area contributed by atoms with E-state index >= 15 is 0 Å². The molecule has 24 heavy (non-hydrogen) atoms. The zero-order valence-electron chi connectivity index (χ0n) is 13.6. The highest BCUT2D eigenvalue weighted by molar-refractivity contribution is 7.19. The molecule has 0 aliphatic heterocycles. The minimum atomic E-state index is -0.238. The number of nitrogens with one attached hydrogen (secondary N) is 1. The Kier molecular flexibility index (Phi) is 3.96. The Hall–Kier alpha value is -2.91. The van der Waals surface area contributed by atoms with Crippen LogP contribution < -0.4 is 11.1 Å². The van der Waals surface area contributed by atoms with Gasteiger partial charge in [0.1, 0.15) is 15.8 Å². The lowest BCUT2D eigenvalue weighted by Crippen LogP contribution is -2.15. The van der Waals surface area contributed by atoms with Gasteiger partial charge in [-0.2, -0.15) is 5.26 Å². The van der Waals surface area contributed by atoms with Gasteiger partial charge in [0.25, 0.3) is 5.91 Å². The number of amides is 1. The molecule has 0 spiro atoms. The maximum absolute atomic E-state index is 12.6. The van der Waals surface area contributed by atoms with Crippen LogP contribution in [0.15, 0.2) is 24.3 Å². The van der Waals surface area contributed by atoms with Gasteiger partial charge in [0.15, 0.2) is 0 Å². The molecule has 120 valence electrons. The van der Waals surface area contributed by atoms with Crippen LogP contribution in [0.4, 0.5) is 11.4 Å². The minimum absolute atomic E-state index is 0.238. The number of fused-ring (bicyclic) bond motifs is 1. The molecule has 1 amide bonds. The third-order valence-electron chi connectivity index (χ3n) is 3.89. The summed E-state index contributed by atoms with van der Waals surface area (Å²) in [5.74, 6) is -0.238. The molecule has 2 aromatic heterocycles. The highest BCUT2D eigenvalue weighted by Gasteiger charge is 2.17. The third kappa shape index (κ3) is 2.70. The minimum Gasteiger partial charge on any atom is -0.396 e. The van der Waals surface area contributed by atoms with Crippen molar-refractivity contribution in [3.8, 4) is 6.07 Å². The second kappa shape index (κ2) is 5.95. The molecule has 0 unspecified atom stereocenters. The SMILES string of the molecule is Cc1ccc(NC(=O)c2cc3c(N)c(C#N)sc3nc2C)c(C)c1. The van der Waals surface area contributed by atoms with Crippen LogP contribution in [0.25, 0.3) is 10.2 Å². The zero-order valence-corrected chi connectivity index (χ0v) is 14.4. The Morgan fingerprint density at radius 2 is 2.04 bits per heavy atom. The molecule has 3 rings (SSSR count). The number of carbonyl (C=O) groups is 1. The maximum Gasteiger partial charge on any atom is 0.257 e. The molecule has 6 heteroatoms. The van der Waals surface area contributed by atoms with Crippen LogP contribution >= 0.6 is 11.3 Å². The molecule has 0 aliphatic carbocycles. The number of nitrogens with two attached hydrogens (primary N) is 1. The fraction of sp³-hybridized carbons (Fsp3) is 0.167. The number of hydrogen-bond donors (Lipinski definition) is 2. The van der Waals surface area contributed by atoms with Crippen molar-refractivity contribution in [2.24, 2.45) is 0 Å². The van der Waals surface area contributed by atoms with E-state index < -0.39 is 0 Å². The van der Waals surface area contributed by atoms with Crippen molar-refractivity contribution >= 4 is 38.8 Å². The van der Waals surface area contributed by atoms with E-state index in [0.717, 1.165) is 16.8 Å². The molecule has 5 nitrogen and oxygen atoms in total. The van der Waals surface area contributed by atoms with E-state index in [-0.39, 0.29) is 5.91 Å². The van der Waals surface area contributed by atoms with Gasteiger partial charge in [-0.3, -0.25) is 4.79 Å². The van der Waals surface area contributed by atoms with E-state index in [9.17, 15) is 4.79 Å². The fourth-order valence-electron chi connectivity index (χ4n) is 2.58. The van der Waals surface area contributed by atoms with Crippen LogP contribution in [-0.2, 0) is 0 Å². The zero-order chi connectivity index (χ0) is 17.4. The summed E-state index contributed by atoms with van der Waals surface area (Å²) in [5.41, 5.74) is 10.3. The predicted octanol–water partition coefficient (Wildman–Crippen LogP) is 3.93. The van der Waals surface area contributed by atoms with Crippen LogP contribution in [0.3, 0.4) is 0 Å². The largest absolute Gasteiger partial charge is 0.396 e. The number of aryl methyl sites for hydroxylation is 3. The highest BCUT2D eigenvalue weighted by atomic mass is 32.1. The first-order chi connectivity index (χ1) is 11.4. The first kappa shape index (κ1) is 16.0. The average Bonchev–Trinajstić information content (AvgIpc) is 2.84. The molecule has 0 radical (unpaired) electrons. The monoisotopic (exact) mass is 336 g/mol. The number of benzene rings is 1. The molecule has 0 atom stereocenters. The summed E-state index contributed by atoms with van der Waals surface area (Å²) in [6.07, 6.45) is 0. The number of pyridine rings is 1. The summed E-state index contributed by atoms with van der Waals surface area (Å²) in [5, 5.41) is 12.7. The molecule has 0 saturated heterocycles. The predicted molar refractivity (Wildman–Crippen MR) is 97.4 cm³/mol. The standard InChI is InChI=1S/C18H16N4OS/c1-9-4-5-14(10(2)6-9)22-17(23)12-7-13-16(20)15(8-19)24-18(13)21-11(12)3/h4-7H,20H2,1-3H3,(H,22,23). The van der Waals surface area contributed by atoms with E-state index in [2.05, 4.69) is 16.4 Å². The summed E-state index contributed by atoms with van der Waals surface area (Å²) in [6, 6.07) is 9.62. The number of rotatable bonds is 2. The molecule has 3 N–H and O–H groups in total. The summed E-state index contributed by atoms with van der Waals surface area (Å²) in [7, 11) is 0. The third-order valence-corrected chi connectivity index (χ3v) is 4.91. The summed E-state index contributed by atoms with van der Waals surface area (Å²) >= 11 is 1.24. The summed E-state index contributed by atoms with van der Waals surface area (Å²) in [6.45, 7) is 5.73. The van der Waals surface area contributed by atoms with Crippen molar-refractivity contribution in [3.63, 3.8) is 0 Å². The molecule has 0 aliphatic rings. The van der Waals surface area contributed by atoms with Crippen molar-refractivity contribution < 1.29 is 4.79 Å². The molecular formula is C18H16N4OS. The Balaban J connectivity index is 2.02. The Labute approximate surface area is 143 Å². The van der Waals surface area contributed by atoms with E-state index in [1.165, 1.54) is 11.3 Å². The molecule has 1 aromatic carbocycles. The van der Waals surface area contributed by atoms with Crippen LogP contribution in [0.2, 0.25) is 0 Å². The van der Waals surface area contributed by atoms with Gasteiger partial charge in [-0.15, -0.1) is 11.3 Å². The topological polar surface area (TPSA) is 91.8 Å². The van der Waals surface area contributed by atoms with E-state index in [0.29, 0.717) is 32.0 Å². The van der Waals surface area contributed by atoms with Gasteiger partial charge in [0, 0.05) is 11.1 Å². The van der Waals surface area contributed by atoms with Gasteiger partial charge < -0.3 is 11.1 Å². The normalized spacial score (nSPS) is 10.6. The maximum atomic E-state index is 12.6. The first-order valence-electron chi connectivity index (χ1n) is 7.39. The second-order valence-electron chi connectivity index (χ2n) is 5.70. The number of aromatic nitrogens is 1. The van der Waals surface area contributed by atoms with E-state index in [1.807, 2.05) is 32.0 Å². The Bertz CT molecular complexity index is 1010. The van der Waals surface area contributed by atoms with Crippen molar-refractivity contribution in [1.82, 2.24) is 4.98 Å². The van der Waals surface area contributed by atoms with Crippen molar-refractivity contribution in [3.05, 3.63) is 51.5 Å². The van der Waals surface area contributed by atoms with Gasteiger partial charge in [0.2, 0.25) is 0 Å². The Morgan fingerprint density at radius 1 is 1.29 bits per heavy atom. The van der Waals surface area contributed by atoms with Crippen molar-refractivity contribution in [2.75, 3.05) is 11.1 Å². The van der Waals surface area contributed by atoms with Crippen LogP contribution in [0, 0.1) is 32.1 Å². The summed E-state index contributed by atoms with van der Waals surface area (Å²) in [4.78, 5) is 18.2. The lowest BCUT2D eigenvalue weighted by atomic mass is 10.1. The lowest BCUT2D eigenvalue weighted by Gasteiger charge is -2.10. The molecule has 0 bridgehead atoms.